The van der Waals surface area contributed by atoms with Crippen LogP contribution in [0.4, 0.5) is 0 Å². The van der Waals surface area contributed by atoms with Crippen molar-refractivity contribution >= 4 is 5.97 Å². The Bertz CT molecular complexity index is 379. The molecule has 0 aliphatic carbocycles. The van der Waals surface area contributed by atoms with E-state index in [9.17, 15) is 14.9 Å². The van der Waals surface area contributed by atoms with Crippen molar-refractivity contribution in [3.63, 3.8) is 0 Å². The number of carboxylic acid groups (broad SMARTS) is 1. The normalized spacial score (nSPS) is 12.9. The predicted molar refractivity (Wildman–Crippen MR) is 94.6 cm³/mol. The zero-order valence-electron chi connectivity index (χ0n) is 14.4. The molecule has 0 heterocycles. The fourth-order valence-electron chi connectivity index (χ4n) is 2.33. The van der Waals surface area contributed by atoms with Gasteiger partial charge in [-0.1, -0.05) is 43.6 Å². The van der Waals surface area contributed by atoms with E-state index in [0.29, 0.717) is 6.42 Å². The van der Waals surface area contributed by atoms with Crippen LogP contribution in [0.1, 0.15) is 70.6 Å². The molecule has 6 heteroatoms. The van der Waals surface area contributed by atoms with Crippen molar-refractivity contribution in [1.29, 1.82) is 0 Å². The highest BCUT2D eigenvalue weighted by atomic mass is 16.6. The fraction of sp³-hybridized carbons (Fsp3) is 0.722. The third-order valence-corrected chi connectivity index (χ3v) is 3.77. The Morgan fingerprint density at radius 3 is 1.96 bits per heavy atom. The van der Waals surface area contributed by atoms with Gasteiger partial charge in [-0.25, -0.2) is 4.79 Å². The second-order valence-electron chi connectivity index (χ2n) is 5.88. The molecule has 0 radical (unpaired) electrons. The van der Waals surface area contributed by atoms with Crippen LogP contribution in [0.2, 0.25) is 0 Å². The van der Waals surface area contributed by atoms with Crippen LogP contribution in [-0.4, -0.2) is 33.8 Å². The Hall–Kier alpha value is -1.69. The molecular weight excluding hydrogens is 310 g/mol. The maximum absolute atomic E-state index is 10.7. The quantitative estimate of drug-likeness (QED) is 0.190. The van der Waals surface area contributed by atoms with Crippen LogP contribution in [0.3, 0.4) is 0 Å². The van der Waals surface area contributed by atoms with Gasteiger partial charge in [-0.05, 0) is 44.9 Å². The molecule has 0 aromatic rings. The van der Waals surface area contributed by atoms with E-state index in [1.54, 1.807) is 0 Å². The summed E-state index contributed by atoms with van der Waals surface area (Å²) in [5, 5.41) is 27.9. The first-order valence-corrected chi connectivity index (χ1v) is 8.86. The van der Waals surface area contributed by atoms with E-state index in [4.69, 9.17) is 10.2 Å². The summed E-state index contributed by atoms with van der Waals surface area (Å²) >= 11 is 0. The van der Waals surface area contributed by atoms with Gasteiger partial charge in [0.2, 0.25) is 0 Å². The fourth-order valence-corrected chi connectivity index (χ4v) is 2.33. The summed E-state index contributed by atoms with van der Waals surface area (Å²) < 4.78 is 0. The average molecular weight is 341 g/mol. The SMILES string of the molecule is O=C(O)C(CCCCCC/C=C\C/C=C\CCCCCO)[N+](=O)[O-]. The molecule has 1 unspecified atom stereocenters. The lowest BCUT2D eigenvalue weighted by Gasteiger charge is -2.04. The Balaban J connectivity index is 3.45. The van der Waals surface area contributed by atoms with Crippen LogP contribution in [0.5, 0.6) is 0 Å². The zero-order valence-corrected chi connectivity index (χ0v) is 14.4. The van der Waals surface area contributed by atoms with Crippen molar-refractivity contribution in [2.75, 3.05) is 6.61 Å². The third kappa shape index (κ3) is 13.9. The van der Waals surface area contributed by atoms with E-state index in [-0.39, 0.29) is 13.0 Å². The molecule has 0 aliphatic heterocycles. The highest BCUT2D eigenvalue weighted by Gasteiger charge is 2.27. The first-order chi connectivity index (χ1) is 11.6. The van der Waals surface area contributed by atoms with Crippen molar-refractivity contribution in [2.45, 2.75) is 76.7 Å². The number of hydrogen-bond acceptors (Lipinski definition) is 4. The van der Waals surface area contributed by atoms with Gasteiger partial charge in [0.25, 0.3) is 0 Å². The maximum Gasteiger partial charge on any atom is 0.379 e. The summed E-state index contributed by atoms with van der Waals surface area (Å²) in [5.41, 5.74) is 0. The highest BCUT2D eigenvalue weighted by Crippen LogP contribution is 2.10. The number of aliphatic hydroxyl groups excluding tert-OH is 1. The molecule has 0 bridgehead atoms. The summed E-state index contributed by atoms with van der Waals surface area (Å²) in [4.78, 5) is 20.5. The monoisotopic (exact) mass is 341 g/mol. The number of hydrogen-bond donors (Lipinski definition) is 2. The van der Waals surface area contributed by atoms with Gasteiger partial charge in [-0.15, -0.1) is 0 Å². The van der Waals surface area contributed by atoms with E-state index in [0.717, 1.165) is 57.8 Å². The van der Waals surface area contributed by atoms with Crippen LogP contribution in [0.15, 0.2) is 24.3 Å². The summed E-state index contributed by atoms with van der Waals surface area (Å²) in [6.45, 7) is 0.280. The van der Waals surface area contributed by atoms with Gasteiger partial charge >= 0.3 is 12.0 Å². The van der Waals surface area contributed by atoms with Gasteiger partial charge < -0.3 is 10.2 Å². The Labute approximate surface area is 144 Å². The molecule has 1 atom stereocenters. The second kappa shape index (κ2) is 16.2. The first kappa shape index (κ1) is 22.3. The van der Waals surface area contributed by atoms with Crippen molar-refractivity contribution in [3.05, 3.63) is 34.4 Å². The van der Waals surface area contributed by atoms with Crippen LogP contribution in [0, 0.1) is 10.1 Å². The van der Waals surface area contributed by atoms with Crippen molar-refractivity contribution < 1.29 is 19.9 Å². The molecule has 24 heavy (non-hydrogen) atoms. The summed E-state index contributed by atoms with van der Waals surface area (Å²) in [5.74, 6) is -1.34. The number of allylic oxidation sites excluding steroid dienone is 4. The zero-order chi connectivity index (χ0) is 18.0. The number of carbonyl (C=O) groups is 1. The van der Waals surface area contributed by atoms with Gasteiger partial charge in [0, 0.05) is 18.0 Å². The molecule has 0 spiro atoms. The standard InChI is InChI=1S/C18H31NO5/c20-16-14-12-10-8-6-4-2-1-3-5-7-9-11-13-15-17(18(21)22)19(23)24/h1,3-4,6,17,20H,2,5,7-16H2,(H,21,22)/b3-1-,6-4-. The Morgan fingerprint density at radius 2 is 1.46 bits per heavy atom. The molecule has 0 saturated heterocycles. The largest absolute Gasteiger partial charge is 0.476 e. The molecule has 2 N–H and O–H groups in total. The van der Waals surface area contributed by atoms with E-state index in [1.165, 1.54) is 0 Å². The molecule has 0 amide bonds. The molecule has 0 aromatic carbocycles. The van der Waals surface area contributed by atoms with Gasteiger partial charge in [0.15, 0.2) is 0 Å². The van der Waals surface area contributed by atoms with Crippen LogP contribution >= 0.6 is 0 Å². The number of rotatable bonds is 16. The minimum atomic E-state index is -1.46. The van der Waals surface area contributed by atoms with Crippen LogP contribution in [-0.2, 0) is 4.79 Å². The lowest BCUT2D eigenvalue weighted by molar-refractivity contribution is -0.511. The molecule has 138 valence electrons. The predicted octanol–water partition coefficient (Wildman–Crippen LogP) is 4.11. The van der Waals surface area contributed by atoms with Crippen LogP contribution in [0.25, 0.3) is 0 Å². The van der Waals surface area contributed by atoms with Crippen molar-refractivity contribution in [3.8, 4) is 0 Å². The van der Waals surface area contributed by atoms with Gasteiger partial charge in [-0.2, -0.15) is 0 Å². The number of carboxylic acids is 1. The Morgan fingerprint density at radius 1 is 0.917 bits per heavy atom. The topological polar surface area (TPSA) is 101 Å². The van der Waals surface area contributed by atoms with Crippen molar-refractivity contribution in [2.24, 2.45) is 0 Å². The van der Waals surface area contributed by atoms with Crippen molar-refractivity contribution in [1.82, 2.24) is 0 Å². The minimum Gasteiger partial charge on any atom is -0.476 e. The minimum absolute atomic E-state index is 0.112. The number of unbranched alkanes of at least 4 members (excludes halogenated alkanes) is 7. The van der Waals surface area contributed by atoms with E-state index in [1.807, 2.05) is 0 Å². The number of nitro groups is 1. The van der Waals surface area contributed by atoms with E-state index >= 15 is 0 Å². The number of aliphatic carboxylic acids is 1. The number of aliphatic hydroxyl groups is 1. The average Bonchev–Trinajstić information content (AvgIpc) is 2.53. The van der Waals surface area contributed by atoms with Gasteiger partial charge in [0.1, 0.15) is 0 Å². The molecule has 0 aliphatic rings. The summed E-state index contributed by atoms with van der Waals surface area (Å²) in [6, 6.07) is -1.46. The van der Waals surface area contributed by atoms with Gasteiger partial charge in [-0.3, -0.25) is 10.1 Å². The lowest BCUT2D eigenvalue weighted by Crippen LogP contribution is -2.28. The summed E-state index contributed by atoms with van der Waals surface area (Å²) in [6.07, 6.45) is 18.2. The maximum atomic E-state index is 10.7. The van der Waals surface area contributed by atoms with Crippen LogP contribution < -0.4 is 0 Å². The molecule has 0 fully saturated rings. The first-order valence-electron chi connectivity index (χ1n) is 8.86. The Kier molecular flexibility index (Phi) is 15.0. The molecule has 0 rings (SSSR count). The molecule has 0 aromatic heterocycles. The third-order valence-electron chi connectivity index (χ3n) is 3.77. The molecule has 6 nitrogen and oxygen atoms in total. The highest BCUT2D eigenvalue weighted by molar-refractivity contribution is 5.71. The summed E-state index contributed by atoms with van der Waals surface area (Å²) in [7, 11) is 0. The smallest absolute Gasteiger partial charge is 0.379 e. The molecular formula is C18H31NO5. The lowest BCUT2D eigenvalue weighted by atomic mass is 10.1. The van der Waals surface area contributed by atoms with Gasteiger partial charge in [0.05, 0.1) is 0 Å². The number of nitrogens with zero attached hydrogens (tertiary/aromatic N) is 1. The van der Waals surface area contributed by atoms with E-state index in [2.05, 4.69) is 24.3 Å². The van der Waals surface area contributed by atoms with E-state index < -0.39 is 16.9 Å². The second-order valence-corrected chi connectivity index (χ2v) is 5.88. The molecule has 0 saturated carbocycles.